The minimum atomic E-state index is 0.447. The van der Waals surface area contributed by atoms with Crippen LogP contribution in [0.25, 0.3) is 0 Å². The predicted octanol–water partition coefficient (Wildman–Crippen LogP) is 2.11. The van der Waals surface area contributed by atoms with E-state index in [9.17, 15) is 0 Å². The van der Waals surface area contributed by atoms with Crippen LogP contribution in [-0.4, -0.2) is 37.1 Å². The summed E-state index contributed by atoms with van der Waals surface area (Å²) in [5, 5.41) is 3.29. The summed E-state index contributed by atoms with van der Waals surface area (Å²) in [6.45, 7) is 10.8. The Balaban J connectivity index is 2.47. The first-order chi connectivity index (χ1) is 6.66. The van der Waals surface area contributed by atoms with Crippen LogP contribution in [0.15, 0.2) is 0 Å². The van der Waals surface area contributed by atoms with Gasteiger partial charge in [0.05, 0.1) is 0 Å². The molecular weight excluding hydrogens is 172 g/mol. The second kappa shape index (κ2) is 5.13. The van der Waals surface area contributed by atoms with E-state index in [4.69, 9.17) is 0 Å². The fourth-order valence-electron chi connectivity index (χ4n) is 2.48. The van der Waals surface area contributed by atoms with E-state index in [0.717, 1.165) is 5.92 Å². The quantitative estimate of drug-likeness (QED) is 0.728. The van der Waals surface area contributed by atoms with E-state index in [1.807, 2.05) is 0 Å². The molecule has 1 N–H and O–H groups in total. The third kappa shape index (κ3) is 2.48. The predicted molar refractivity (Wildman–Crippen MR) is 62.6 cm³/mol. The van der Waals surface area contributed by atoms with Crippen LogP contribution in [0.3, 0.4) is 0 Å². The maximum absolute atomic E-state index is 3.29. The number of hydrogen-bond acceptors (Lipinski definition) is 2. The lowest BCUT2D eigenvalue weighted by Gasteiger charge is -2.37. The molecule has 1 fully saturated rings. The van der Waals surface area contributed by atoms with Gasteiger partial charge in [0, 0.05) is 12.1 Å². The first-order valence-corrected chi connectivity index (χ1v) is 6.06. The van der Waals surface area contributed by atoms with Crippen molar-refractivity contribution in [2.75, 3.05) is 26.7 Å². The van der Waals surface area contributed by atoms with E-state index < -0.39 is 0 Å². The molecule has 1 aliphatic rings. The average molecular weight is 198 g/mol. The monoisotopic (exact) mass is 198 g/mol. The van der Waals surface area contributed by atoms with E-state index >= 15 is 0 Å². The Morgan fingerprint density at radius 3 is 2.50 bits per heavy atom. The fraction of sp³-hybridized carbons (Fsp3) is 1.00. The second-order valence-corrected chi connectivity index (χ2v) is 4.86. The van der Waals surface area contributed by atoms with Gasteiger partial charge in [-0.25, -0.2) is 0 Å². The number of nitrogens with one attached hydrogen (secondary N) is 1. The van der Waals surface area contributed by atoms with Crippen molar-refractivity contribution in [1.82, 2.24) is 10.2 Å². The van der Waals surface area contributed by atoms with Gasteiger partial charge in [-0.05, 0) is 52.2 Å². The Kier molecular flexibility index (Phi) is 4.39. The van der Waals surface area contributed by atoms with E-state index in [0.29, 0.717) is 5.54 Å². The van der Waals surface area contributed by atoms with E-state index in [2.05, 4.69) is 38.0 Å². The Morgan fingerprint density at radius 1 is 1.36 bits per heavy atom. The van der Waals surface area contributed by atoms with Crippen LogP contribution in [0.5, 0.6) is 0 Å². The molecule has 0 aromatic rings. The standard InChI is InChI=1S/C12H26N2/c1-5-12(3,6-2)14-8-7-11(10-14)9-13-4/h11,13H,5-10H2,1-4H3. The van der Waals surface area contributed by atoms with Crippen molar-refractivity contribution in [3.05, 3.63) is 0 Å². The molecule has 0 aliphatic carbocycles. The van der Waals surface area contributed by atoms with Crippen molar-refractivity contribution in [3.8, 4) is 0 Å². The fourth-order valence-corrected chi connectivity index (χ4v) is 2.48. The van der Waals surface area contributed by atoms with Crippen LogP contribution < -0.4 is 5.32 Å². The maximum Gasteiger partial charge on any atom is 0.0176 e. The summed E-state index contributed by atoms with van der Waals surface area (Å²) in [6, 6.07) is 0. The second-order valence-electron chi connectivity index (χ2n) is 4.86. The normalized spacial score (nSPS) is 24.4. The van der Waals surface area contributed by atoms with Crippen LogP contribution in [0.1, 0.15) is 40.0 Å². The van der Waals surface area contributed by atoms with Crippen molar-refractivity contribution in [1.29, 1.82) is 0 Å². The summed E-state index contributed by atoms with van der Waals surface area (Å²) in [5.74, 6) is 0.873. The van der Waals surface area contributed by atoms with Crippen molar-refractivity contribution in [3.63, 3.8) is 0 Å². The van der Waals surface area contributed by atoms with E-state index in [1.54, 1.807) is 0 Å². The highest BCUT2D eigenvalue weighted by molar-refractivity contribution is 4.89. The highest BCUT2D eigenvalue weighted by Gasteiger charge is 2.33. The topological polar surface area (TPSA) is 15.3 Å². The lowest BCUT2D eigenvalue weighted by atomic mass is 9.93. The lowest BCUT2D eigenvalue weighted by molar-refractivity contribution is 0.120. The summed E-state index contributed by atoms with van der Waals surface area (Å²) >= 11 is 0. The van der Waals surface area contributed by atoms with Crippen LogP contribution in [0, 0.1) is 5.92 Å². The van der Waals surface area contributed by atoms with E-state index in [1.165, 1.54) is 38.9 Å². The van der Waals surface area contributed by atoms with Gasteiger partial charge < -0.3 is 5.32 Å². The molecule has 1 rings (SSSR count). The van der Waals surface area contributed by atoms with Gasteiger partial charge in [0.25, 0.3) is 0 Å². The minimum Gasteiger partial charge on any atom is -0.319 e. The van der Waals surface area contributed by atoms with Gasteiger partial charge in [-0.2, -0.15) is 0 Å². The molecule has 84 valence electrons. The molecule has 0 aromatic carbocycles. The number of nitrogens with zero attached hydrogens (tertiary/aromatic N) is 1. The highest BCUT2D eigenvalue weighted by atomic mass is 15.2. The summed E-state index contributed by atoms with van der Waals surface area (Å²) in [5.41, 5.74) is 0.447. The summed E-state index contributed by atoms with van der Waals surface area (Å²) in [7, 11) is 2.06. The van der Waals surface area contributed by atoms with Crippen LogP contribution in [0.4, 0.5) is 0 Å². The lowest BCUT2D eigenvalue weighted by Crippen LogP contribution is -2.44. The summed E-state index contributed by atoms with van der Waals surface area (Å²) in [4.78, 5) is 2.69. The van der Waals surface area contributed by atoms with Crippen LogP contribution >= 0.6 is 0 Å². The van der Waals surface area contributed by atoms with Gasteiger partial charge >= 0.3 is 0 Å². The third-order valence-electron chi connectivity index (χ3n) is 4.07. The molecule has 1 saturated heterocycles. The first-order valence-electron chi connectivity index (χ1n) is 6.06. The molecule has 0 aromatic heterocycles. The smallest absolute Gasteiger partial charge is 0.0176 e. The van der Waals surface area contributed by atoms with Gasteiger partial charge in [0.2, 0.25) is 0 Å². The minimum absolute atomic E-state index is 0.447. The molecule has 2 nitrogen and oxygen atoms in total. The zero-order chi connectivity index (χ0) is 10.6. The molecule has 0 saturated carbocycles. The zero-order valence-corrected chi connectivity index (χ0v) is 10.3. The Labute approximate surface area is 89.1 Å². The average Bonchev–Trinajstić information content (AvgIpc) is 2.66. The largest absolute Gasteiger partial charge is 0.319 e. The number of likely N-dealkylation sites (tertiary alicyclic amines) is 1. The molecular formula is C12H26N2. The van der Waals surface area contributed by atoms with Gasteiger partial charge in [0.15, 0.2) is 0 Å². The van der Waals surface area contributed by atoms with Crippen molar-refractivity contribution in [2.24, 2.45) is 5.92 Å². The number of hydrogen-bond donors (Lipinski definition) is 1. The number of rotatable bonds is 5. The molecule has 0 radical (unpaired) electrons. The first kappa shape index (κ1) is 12.0. The molecule has 1 aliphatic heterocycles. The maximum atomic E-state index is 3.29. The highest BCUT2D eigenvalue weighted by Crippen LogP contribution is 2.29. The molecule has 1 atom stereocenters. The summed E-state index contributed by atoms with van der Waals surface area (Å²) in [6.07, 6.45) is 3.92. The Hall–Kier alpha value is -0.0800. The van der Waals surface area contributed by atoms with Crippen LogP contribution in [-0.2, 0) is 0 Å². The van der Waals surface area contributed by atoms with E-state index in [-0.39, 0.29) is 0 Å². The Morgan fingerprint density at radius 2 is 2.00 bits per heavy atom. The molecule has 1 heterocycles. The molecule has 2 heteroatoms. The van der Waals surface area contributed by atoms with Gasteiger partial charge in [0.1, 0.15) is 0 Å². The van der Waals surface area contributed by atoms with Gasteiger partial charge in [-0.15, -0.1) is 0 Å². The SMILES string of the molecule is CCC(C)(CC)N1CCC(CNC)C1. The Bertz CT molecular complexity index is 164. The molecule has 14 heavy (non-hydrogen) atoms. The molecule has 0 amide bonds. The van der Waals surface area contributed by atoms with Crippen molar-refractivity contribution >= 4 is 0 Å². The molecule has 0 bridgehead atoms. The van der Waals surface area contributed by atoms with Gasteiger partial charge in [-0.1, -0.05) is 13.8 Å². The zero-order valence-electron chi connectivity index (χ0n) is 10.3. The molecule has 1 unspecified atom stereocenters. The van der Waals surface area contributed by atoms with Crippen LogP contribution in [0.2, 0.25) is 0 Å². The van der Waals surface area contributed by atoms with Crippen molar-refractivity contribution < 1.29 is 0 Å². The molecule has 0 spiro atoms. The third-order valence-corrected chi connectivity index (χ3v) is 4.07. The van der Waals surface area contributed by atoms with Gasteiger partial charge in [-0.3, -0.25) is 4.90 Å². The summed E-state index contributed by atoms with van der Waals surface area (Å²) < 4.78 is 0. The van der Waals surface area contributed by atoms with Crippen molar-refractivity contribution in [2.45, 2.75) is 45.6 Å².